The molecule has 0 aromatic heterocycles. The van der Waals surface area contributed by atoms with E-state index < -0.39 is 6.29 Å². The average molecular weight is 549 g/mol. The average Bonchev–Trinajstić information content (AvgIpc) is 3.41. The molecule has 1 N–H and O–H groups in total. The fourth-order valence-electron chi connectivity index (χ4n) is 5.36. The Kier molecular flexibility index (Phi) is 11.3. The zero-order valence-corrected chi connectivity index (χ0v) is 23.5. The minimum Gasteiger partial charge on any atom is -0.459 e. The Morgan fingerprint density at radius 1 is 1.05 bits per heavy atom. The van der Waals surface area contributed by atoms with E-state index in [-0.39, 0.29) is 31.1 Å². The van der Waals surface area contributed by atoms with E-state index in [1.165, 1.54) is 5.56 Å². The summed E-state index contributed by atoms with van der Waals surface area (Å²) in [5.41, 5.74) is 1.17. The first-order valence-electron chi connectivity index (χ1n) is 14.2. The van der Waals surface area contributed by atoms with E-state index in [0.717, 1.165) is 37.6 Å². The van der Waals surface area contributed by atoms with Crippen LogP contribution in [0.4, 0.5) is 0 Å². The molecule has 3 heterocycles. The molecule has 1 amide bonds. The second kappa shape index (κ2) is 14.9. The van der Waals surface area contributed by atoms with Gasteiger partial charge in [-0.2, -0.15) is 0 Å². The number of ether oxygens (including phenoxy) is 6. The first-order valence-corrected chi connectivity index (χ1v) is 14.2. The summed E-state index contributed by atoms with van der Waals surface area (Å²) in [5, 5.41) is 8.80. The van der Waals surface area contributed by atoms with Gasteiger partial charge in [-0.1, -0.05) is 19.9 Å². The molecule has 218 valence electrons. The van der Waals surface area contributed by atoms with E-state index >= 15 is 0 Å². The lowest BCUT2D eigenvalue weighted by molar-refractivity contribution is -0.180. The zero-order chi connectivity index (χ0) is 27.6. The van der Waals surface area contributed by atoms with Gasteiger partial charge >= 0.3 is 0 Å². The van der Waals surface area contributed by atoms with Crippen LogP contribution in [0.5, 0.6) is 11.5 Å². The molecule has 1 aromatic carbocycles. The van der Waals surface area contributed by atoms with Crippen LogP contribution < -0.4 is 9.47 Å². The van der Waals surface area contributed by atoms with E-state index in [9.17, 15) is 4.79 Å². The maximum Gasteiger partial charge on any atom is 0.288 e. The number of benzene rings is 1. The van der Waals surface area contributed by atoms with Gasteiger partial charge in [0.15, 0.2) is 17.3 Å². The highest BCUT2D eigenvalue weighted by molar-refractivity contribution is 5.91. The maximum absolute atomic E-state index is 13.5. The van der Waals surface area contributed by atoms with E-state index in [1.54, 1.807) is 0 Å². The lowest BCUT2D eigenvalue weighted by Crippen LogP contribution is -2.50. The Bertz CT molecular complexity index is 947. The summed E-state index contributed by atoms with van der Waals surface area (Å²) in [7, 11) is 0. The maximum atomic E-state index is 13.5. The van der Waals surface area contributed by atoms with Crippen molar-refractivity contribution in [2.45, 2.75) is 40.0 Å². The minimum absolute atomic E-state index is 0.00968. The fourth-order valence-corrected chi connectivity index (χ4v) is 5.36. The predicted molar refractivity (Wildman–Crippen MR) is 144 cm³/mol. The number of nitrogens with zero attached hydrogens (tertiary/aromatic N) is 2. The third-order valence-corrected chi connectivity index (χ3v) is 7.45. The largest absolute Gasteiger partial charge is 0.459 e. The number of allylic oxidation sites excluding steroid dienone is 1. The van der Waals surface area contributed by atoms with Gasteiger partial charge in [0, 0.05) is 51.9 Å². The van der Waals surface area contributed by atoms with Crippen LogP contribution in [-0.2, 0) is 30.3 Å². The van der Waals surface area contributed by atoms with Crippen molar-refractivity contribution in [2.24, 2.45) is 17.8 Å². The number of piperazine rings is 1. The fraction of sp³-hybridized carbons (Fsp3) is 0.690. The van der Waals surface area contributed by atoms with Crippen LogP contribution >= 0.6 is 0 Å². The topological polar surface area (TPSA) is 99.2 Å². The van der Waals surface area contributed by atoms with E-state index in [2.05, 4.69) is 24.8 Å². The second-order valence-electron chi connectivity index (χ2n) is 10.5. The summed E-state index contributed by atoms with van der Waals surface area (Å²) < 4.78 is 34.1. The second-order valence-corrected chi connectivity index (χ2v) is 10.5. The Balaban J connectivity index is 1.31. The van der Waals surface area contributed by atoms with E-state index in [4.69, 9.17) is 33.5 Å². The molecule has 1 fully saturated rings. The molecule has 3 aliphatic heterocycles. The van der Waals surface area contributed by atoms with Crippen molar-refractivity contribution >= 4 is 5.91 Å². The van der Waals surface area contributed by atoms with Crippen LogP contribution in [0.15, 0.2) is 30.0 Å². The Labute approximate surface area is 231 Å². The van der Waals surface area contributed by atoms with Crippen molar-refractivity contribution in [3.63, 3.8) is 0 Å². The zero-order valence-electron chi connectivity index (χ0n) is 23.5. The summed E-state index contributed by atoms with van der Waals surface area (Å²) in [6, 6.07) is 6.06. The first kappa shape index (κ1) is 29.6. The summed E-state index contributed by atoms with van der Waals surface area (Å²) in [4.78, 5) is 17.8. The SMILES string of the molecule is CCO[C@H]1OC(C(=O)N2CCN(Cc3ccc4c(c3)OCO4)CC2)=C[C@@H](C(C)C)[C@H]1CCOCCOCCO. The molecule has 39 heavy (non-hydrogen) atoms. The van der Waals surface area contributed by atoms with Crippen LogP contribution in [0.25, 0.3) is 0 Å². The molecular formula is C29H44N2O8. The van der Waals surface area contributed by atoms with Crippen LogP contribution in [0, 0.1) is 17.8 Å². The first-order chi connectivity index (χ1) is 19.0. The number of hydrogen-bond acceptors (Lipinski definition) is 9. The normalized spacial score (nSPS) is 23.2. The van der Waals surface area contributed by atoms with Crippen LogP contribution in [-0.4, -0.2) is 99.7 Å². The van der Waals surface area contributed by atoms with Gasteiger partial charge in [-0.05, 0) is 49.0 Å². The van der Waals surface area contributed by atoms with E-state index in [0.29, 0.717) is 57.8 Å². The van der Waals surface area contributed by atoms with Gasteiger partial charge in [0.1, 0.15) is 0 Å². The van der Waals surface area contributed by atoms with Gasteiger partial charge in [-0.15, -0.1) is 0 Å². The number of amides is 1. The number of carbonyl (C=O) groups is 1. The number of aliphatic hydroxyl groups excluding tert-OH is 1. The molecule has 0 unspecified atom stereocenters. The molecule has 0 spiro atoms. The molecule has 0 aliphatic carbocycles. The third-order valence-electron chi connectivity index (χ3n) is 7.45. The smallest absolute Gasteiger partial charge is 0.288 e. The lowest BCUT2D eigenvalue weighted by Gasteiger charge is -2.40. The molecule has 10 heteroatoms. The molecule has 3 aliphatic rings. The number of carbonyl (C=O) groups excluding carboxylic acids is 1. The summed E-state index contributed by atoms with van der Waals surface area (Å²) in [6.07, 6.45) is 2.27. The highest BCUT2D eigenvalue weighted by atomic mass is 16.7. The van der Waals surface area contributed by atoms with Crippen molar-refractivity contribution < 1.29 is 38.3 Å². The number of fused-ring (bicyclic) bond motifs is 1. The minimum atomic E-state index is -0.493. The van der Waals surface area contributed by atoms with Gasteiger partial charge in [0.05, 0.1) is 26.4 Å². The Morgan fingerprint density at radius 2 is 1.79 bits per heavy atom. The molecule has 1 saturated heterocycles. The monoisotopic (exact) mass is 548 g/mol. The third kappa shape index (κ3) is 8.08. The lowest BCUT2D eigenvalue weighted by atomic mass is 9.79. The van der Waals surface area contributed by atoms with Crippen LogP contribution in [0.2, 0.25) is 0 Å². The molecule has 0 bridgehead atoms. The standard InChI is InChI=1S/C29H44N2O8/c1-4-36-29-23(7-13-34-15-16-35-14-12-32)24(21(2)3)18-27(39-29)28(33)31-10-8-30(9-11-31)19-22-5-6-25-26(17-22)38-20-37-25/h5-6,17-18,21,23-24,29,32H,4,7-16,19-20H2,1-3H3/t23-,24+,29+/m1/s1. The molecular weight excluding hydrogens is 504 g/mol. The molecule has 3 atom stereocenters. The number of aliphatic hydroxyl groups is 1. The predicted octanol–water partition coefficient (Wildman–Crippen LogP) is 2.64. The van der Waals surface area contributed by atoms with Gasteiger partial charge in [0.25, 0.3) is 5.91 Å². The van der Waals surface area contributed by atoms with Gasteiger partial charge in [-0.25, -0.2) is 0 Å². The highest BCUT2D eigenvalue weighted by Crippen LogP contribution is 2.37. The van der Waals surface area contributed by atoms with Crippen molar-refractivity contribution in [2.75, 3.05) is 72.6 Å². The van der Waals surface area contributed by atoms with Crippen LogP contribution in [0.1, 0.15) is 32.8 Å². The summed E-state index contributed by atoms with van der Waals surface area (Å²) in [5.74, 6) is 2.45. The molecule has 0 saturated carbocycles. The molecule has 0 radical (unpaired) electrons. The Hall–Kier alpha value is -2.37. The van der Waals surface area contributed by atoms with Crippen molar-refractivity contribution in [1.29, 1.82) is 0 Å². The van der Waals surface area contributed by atoms with Gasteiger partial charge in [-0.3, -0.25) is 9.69 Å². The number of hydrogen-bond donors (Lipinski definition) is 1. The van der Waals surface area contributed by atoms with E-state index in [1.807, 2.05) is 30.0 Å². The van der Waals surface area contributed by atoms with Gasteiger partial charge in [0.2, 0.25) is 13.1 Å². The molecule has 4 rings (SSSR count). The summed E-state index contributed by atoms with van der Waals surface area (Å²) in [6.45, 7) is 12.5. The molecule has 1 aromatic rings. The Morgan fingerprint density at radius 3 is 2.51 bits per heavy atom. The summed E-state index contributed by atoms with van der Waals surface area (Å²) >= 11 is 0. The quantitative estimate of drug-likeness (QED) is 0.352. The van der Waals surface area contributed by atoms with Crippen molar-refractivity contribution in [1.82, 2.24) is 9.80 Å². The van der Waals surface area contributed by atoms with Crippen molar-refractivity contribution in [3.05, 3.63) is 35.6 Å². The van der Waals surface area contributed by atoms with Crippen molar-refractivity contribution in [3.8, 4) is 11.5 Å². The highest BCUT2D eigenvalue weighted by Gasteiger charge is 2.39. The van der Waals surface area contributed by atoms with Crippen LogP contribution in [0.3, 0.4) is 0 Å². The molecule has 10 nitrogen and oxygen atoms in total. The van der Waals surface area contributed by atoms with Gasteiger partial charge < -0.3 is 38.4 Å². The number of rotatable bonds is 14.